The number of thioether (sulfide) groups is 1. The highest BCUT2D eigenvalue weighted by Gasteiger charge is 2.44. The van der Waals surface area contributed by atoms with Crippen molar-refractivity contribution in [3.8, 4) is 11.3 Å². The molecule has 0 unspecified atom stereocenters. The van der Waals surface area contributed by atoms with Crippen LogP contribution in [0.25, 0.3) is 11.3 Å². The van der Waals surface area contributed by atoms with Crippen LogP contribution in [-0.4, -0.2) is 9.55 Å². The highest BCUT2D eigenvalue weighted by molar-refractivity contribution is 7.98. The van der Waals surface area contributed by atoms with Crippen molar-refractivity contribution in [1.82, 2.24) is 9.55 Å². The molecule has 2 aliphatic carbocycles. The van der Waals surface area contributed by atoms with Gasteiger partial charge in [-0.2, -0.15) is 0 Å². The van der Waals surface area contributed by atoms with E-state index in [1.54, 1.807) is 11.8 Å². The van der Waals surface area contributed by atoms with Gasteiger partial charge in [-0.3, -0.25) is 9.36 Å². The molecule has 3 aromatic rings. The normalized spacial score (nSPS) is 16.2. The van der Waals surface area contributed by atoms with Crippen LogP contribution in [0.15, 0.2) is 71.1 Å². The van der Waals surface area contributed by atoms with Crippen LogP contribution in [0.4, 0.5) is 0 Å². The molecule has 0 bridgehead atoms. The highest BCUT2D eigenvalue weighted by Crippen LogP contribution is 2.50. The zero-order valence-electron chi connectivity index (χ0n) is 18.1. The first-order valence-corrected chi connectivity index (χ1v) is 12.1. The van der Waals surface area contributed by atoms with Crippen molar-refractivity contribution in [1.29, 1.82) is 0 Å². The van der Waals surface area contributed by atoms with Gasteiger partial charge in [0.2, 0.25) is 0 Å². The molecule has 0 N–H and O–H groups in total. The SMILES string of the molecule is C=CCn1c(SCc2ccc(C)cc2)nc2c(c1=O)C1(CCCC1)Cc1ccccc1-2. The lowest BCUT2D eigenvalue weighted by Gasteiger charge is -2.36. The minimum atomic E-state index is -0.0587. The van der Waals surface area contributed by atoms with Crippen molar-refractivity contribution in [2.45, 2.75) is 61.9 Å². The van der Waals surface area contributed by atoms with Gasteiger partial charge in [-0.1, -0.05) is 84.8 Å². The summed E-state index contributed by atoms with van der Waals surface area (Å²) >= 11 is 1.64. The van der Waals surface area contributed by atoms with Crippen LogP contribution in [0, 0.1) is 6.92 Å². The topological polar surface area (TPSA) is 34.9 Å². The van der Waals surface area contributed by atoms with Crippen molar-refractivity contribution in [3.05, 3.63) is 93.8 Å². The Morgan fingerprint density at radius 2 is 1.87 bits per heavy atom. The van der Waals surface area contributed by atoms with E-state index in [-0.39, 0.29) is 11.0 Å². The number of rotatable bonds is 5. The molecule has 1 heterocycles. The number of hydrogen-bond acceptors (Lipinski definition) is 3. The lowest BCUT2D eigenvalue weighted by atomic mass is 9.68. The predicted octanol–water partition coefficient (Wildman–Crippen LogP) is 6.06. The zero-order chi connectivity index (χ0) is 21.4. The van der Waals surface area contributed by atoms with Crippen LogP contribution in [0.1, 0.15) is 47.9 Å². The zero-order valence-corrected chi connectivity index (χ0v) is 18.9. The molecule has 158 valence electrons. The third-order valence-electron chi connectivity index (χ3n) is 6.83. The fourth-order valence-corrected chi connectivity index (χ4v) is 6.23. The number of allylic oxidation sites excluding steroid dienone is 1. The van der Waals surface area contributed by atoms with Gasteiger partial charge in [0.1, 0.15) is 0 Å². The fraction of sp³-hybridized carbons (Fsp3) is 0.333. The van der Waals surface area contributed by atoms with Gasteiger partial charge >= 0.3 is 0 Å². The quantitative estimate of drug-likeness (QED) is 0.281. The molecule has 1 saturated carbocycles. The van der Waals surface area contributed by atoms with Gasteiger partial charge in [-0.25, -0.2) is 4.98 Å². The minimum Gasteiger partial charge on any atom is -0.283 e. The number of aryl methyl sites for hydroxylation is 1. The molecule has 1 spiro atoms. The molecular weight excluding hydrogens is 400 g/mol. The Morgan fingerprint density at radius 3 is 2.61 bits per heavy atom. The van der Waals surface area contributed by atoms with E-state index in [1.165, 1.54) is 29.5 Å². The molecule has 0 atom stereocenters. The van der Waals surface area contributed by atoms with Gasteiger partial charge in [0, 0.05) is 23.3 Å². The summed E-state index contributed by atoms with van der Waals surface area (Å²) in [6.07, 6.45) is 7.30. The van der Waals surface area contributed by atoms with Crippen molar-refractivity contribution in [2.75, 3.05) is 0 Å². The maximum atomic E-state index is 13.9. The first kappa shape index (κ1) is 20.3. The fourth-order valence-electron chi connectivity index (χ4n) is 5.28. The van der Waals surface area contributed by atoms with Crippen molar-refractivity contribution >= 4 is 11.8 Å². The molecule has 3 nitrogen and oxygen atoms in total. The Kier molecular flexibility index (Phi) is 5.35. The van der Waals surface area contributed by atoms with E-state index in [1.807, 2.05) is 10.6 Å². The maximum absolute atomic E-state index is 13.9. The van der Waals surface area contributed by atoms with E-state index in [0.29, 0.717) is 6.54 Å². The van der Waals surface area contributed by atoms with Crippen LogP contribution >= 0.6 is 11.8 Å². The average Bonchev–Trinajstić information content (AvgIpc) is 3.23. The Bertz CT molecular complexity index is 1190. The van der Waals surface area contributed by atoms with E-state index in [4.69, 9.17) is 4.98 Å². The van der Waals surface area contributed by atoms with Gasteiger partial charge in [0.25, 0.3) is 5.56 Å². The van der Waals surface area contributed by atoms with Gasteiger partial charge in [0.15, 0.2) is 5.16 Å². The van der Waals surface area contributed by atoms with Gasteiger partial charge in [-0.15, -0.1) is 6.58 Å². The molecule has 5 rings (SSSR count). The van der Waals surface area contributed by atoms with E-state index < -0.39 is 0 Å². The lowest BCUT2D eigenvalue weighted by molar-refractivity contribution is 0.418. The molecule has 4 heteroatoms. The van der Waals surface area contributed by atoms with E-state index in [2.05, 4.69) is 62.0 Å². The van der Waals surface area contributed by atoms with Crippen LogP contribution in [0.3, 0.4) is 0 Å². The Labute approximate surface area is 188 Å². The Hall–Kier alpha value is -2.59. The van der Waals surface area contributed by atoms with Crippen LogP contribution < -0.4 is 5.56 Å². The number of nitrogens with zero attached hydrogens (tertiary/aromatic N) is 2. The monoisotopic (exact) mass is 428 g/mol. The molecule has 0 aliphatic heterocycles. The van der Waals surface area contributed by atoms with Crippen molar-refractivity contribution in [2.24, 2.45) is 0 Å². The molecule has 0 radical (unpaired) electrons. The molecular formula is C27H28N2OS. The van der Waals surface area contributed by atoms with E-state index in [9.17, 15) is 4.79 Å². The summed E-state index contributed by atoms with van der Waals surface area (Å²) in [6, 6.07) is 17.1. The Morgan fingerprint density at radius 1 is 1.13 bits per heavy atom. The molecule has 0 saturated heterocycles. The summed E-state index contributed by atoms with van der Waals surface area (Å²) in [5, 5.41) is 0.786. The summed E-state index contributed by atoms with van der Waals surface area (Å²) in [5.74, 6) is 0.787. The summed E-state index contributed by atoms with van der Waals surface area (Å²) in [4.78, 5) is 19.1. The molecule has 2 aliphatic rings. The van der Waals surface area contributed by atoms with Crippen molar-refractivity contribution in [3.63, 3.8) is 0 Å². The van der Waals surface area contributed by atoms with Gasteiger partial charge < -0.3 is 0 Å². The standard InChI is InChI=1S/C27H28N2OS/c1-3-16-29-25(30)23-24(28-26(29)31-18-20-12-10-19(2)11-13-20)22-9-5-4-8-21(22)17-27(23)14-6-7-15-27/h3-5,8-13H,1,6-7,14-18H2,2H3. The third-order valence-corrected chi connectivity index (χ3v) is 7.87. The third kappa shape index (κ3) is 3.57. The predicted molar refractivity (Wildman–Crippen MR) is 129 cm³/mol. The van der Waals surface area contributed by atoms with Gasteiger partial charge in [-0.05, 0) is 37.3 Å². The summed E-state index contributed by atoms with van der Waals surface area (Å²) < 4.78 is 1.85. The second kappa shape index (κ2) is 8.16. The largest absolute Gasteiger partial charge is 0.283 e. The number of aromatic nitrogens is 2. The van der Waals surface area contributed by atoms with Gasteiger partial charge in [0.05, 0.1) is 11.3 Å². The maximum Gasteiger partial charge on any atom is 0.258 e. The molecule has 0 amide bonds. The number of benzene rings is 2. The van der Waals surface area contributed by atoms with Crippen LogP contribution in [0.5, 0.6) is 0 Å². The second-order valence-electron chi connectivity index (χ2n) is 8.92. The summed E-state index contributed by atoms with van der Waals surface area (Å²) in [7, 11) is 0. The average molecular weight is 429 g/mol. The smallest absolute Gasteiger partial charge is 0.258 e. The first-order chi connectivity index (χ1) is 15.1. The summed E-state index contributed by atoms with van der Waals surface area (Å²) in [5.41, 5.74) is 6.90. The lowest BCUT2D eigenvalue weighted by Crippen LogP contribution is -2.40. The van der Waals surface area contributed by atoms with E-state index >= 15 is 0 Å². The number of hydrogen-bond donors (Lipinski definition) is 0. The van der Waals surface area contributed by atoms with Crippen LogP contribution in [0.2, 0.25) is 0 Å². The van der Waals surface area contributed by atoms with E-state index in [0.717, 1.165) is 47.0 Å². The summed E-state index contributed by atoms with van der Waals surface area (Å²) in [6.45, 7) is 6.50. The second-order valence-corrected chi connectivity index (χ2v) is 9.86. The highest BCUT2D eigenvalue weighted by atomic mass is 32.2. The molecule has 31 heavy (non-hydrogen) atoms. The van der Waals surface area contributed by atoms with Crippen molar-refractivity contribution < 1.29 is 0 Å². The molecule has 2 aromatic carbocycles. The van der Waals surface area contributed by atoms with Crippen LogP contribution in [-0.2, 0) is 24.1 Å². The Balaban J connectivity index is 1.65. The minimum absolute atomic E-state index is 0.0587. The molecule has 1 fully saturated rings. The first-order valence-electron chi connectivity index (χ1n) is 11.1. The number of fused-ring (bicyclic) bond motifs is 4. The molecule has 1 aromatic heterocycles.